The van der Waals surface area contributed by atoms with Crippen molar-refractivity contribution in [1.29, 1.82) is 0 Å². The molecular formula is C14H29ClN2O. The lowest BCUT2D eigenvalue weighted by molar-refractivity contribution is -0.122. The molecule has 2 unspecified atom stereocenters. The summed E-state index contributed by atoms with van der Waals surface area (Å²) in [6.07, 6.45) is 5.92. The van der Waals surface area contributed by atoms with Crippen LogP contribution in [0.4, 0.5) is 0 Å². The largest absolute Gasteiger partial charge is 0.354 e. The Morgan fingerprint density at radius 3 is 2.61 bits per heavy atom. The van der Waals surface area contributed by atoms with Gasteiger partial charge in [-0.15, -0.1) is 12.4 Å². The van der Waals surface area contributed by atoms with Gasteiger partial charge in [0.25, 0.3) is 0 Å². The molecule has 0 heterocycles. The Balaban J connectivity index is 0.00000289. The first-order valence-corrected chi connectivity index (χ1v) is 7.02. The van der Waals surface area contributed by atoms with Gasteiger partial charge in [-0.1, -0.05) is 33.6 Å². The third-order valence-corrected chi connectivity index (χ3v) is 3.67. The lowest BCUT2D eigenvalue weighted by Crippen LogP contribution is -2.43. The standard InChI is InChI=1S/C14H28N2O.ClH/c1-10(2)7-13(15)14(17)16-9-12-6-4-5-11(3)8-12;/h10-13H,4-9,15H2,1-3H3,(H,16,17);1H/t11?,12?,13-;/m0./s1. The second kappa shape index (κ2) is 8.76. The normalized spacial score (nSPS) is 25.4. The minimum absolute atomic E-state index is 0. The van der Waals surface area contributed by atoms with Gasteiger partial charge in [-0.2, -0.15) is 0 Å². The molecule has 0 aliphatic heterocycles. The van der Waals surface area contributed by atoms with Crippen LogP contribution in [-0.4, -0.2) is 18.5 Å². The maximum atomic E-state index is 11.8. The van der Waals surface area contributed by atoms with Crippen LogP contribution in [0.5, 0.6) is 0 Å². The summed E-state index contributed by atoms with van der Waals surface area (Å²) in [5.41, 5.74) is 5.85. The van der Waals surface area contributed by atoms with E-state index in [-0.39, 0.29) is 24.4 Å². The summed E-state index contributed by atoms with van der Waals surface area (Å²) in [5, 5.41) is 3.01. The van der Waals surface area contributed by atoms with Crippen LogP contribution in [0, 0.1) is 17.8 Å². The molecule has 18 heavy (non-hydrogen) atoms. The molecule has 1 saturated carbocycles. The van der Waals surface area contributed by atoms with Crippen molar-refractivity contribution in [3.8, 4) is 0 Å². The van der Waals surface area contributed by atoms with Crippen molar-refractivity contribution in [3.63, 3.8) is 0 Å². The molecule has 1 fully saturated rings. The quantitative estimate of drug-likeness (QED) is 0.811. The predicted octanol–water partition coefficient (Wildman–Crippen LogP) is 2.72. The number of nitrogens with two attached hydrogens (primary N) is 1. The van der Waals surface area contributed by atoms with Crippen LogP contribution >= 0.6 is 12.4 Å². The molecule has 1 aliphatic carbocycles. The first-order valence-electron chi connectivity index (χ1n) is 7.02. The Kier molecular flexibility index (Phi) is 8.62. The topological polar surface area (TPSA) is 55.1 Å². The zero-order valence-corrected chi connectivity index (χ0v) is 12.8. The molecule has 4 heteroatoms. The van der Waals surface area contributed by atoms with Crippen molar-refractivity contribution in [2.24, 2.45) is 23.5 Å². The van der Waals surface area contributed by atoms with Crippen molar-refractivity contribution in [3.05, 3.63) is 0 Å². The van der Waals surface area contributed by atoms with Gasteiger partial charge in [0.15, 0.2) is 0 Å². The fourth-order valence-corrected chi connectivity index (χ4v) is 2.74. The van der Waals surface area contributed by atoms with E-state index in [2.05, 4.69) is 26.1 Å². The van der Waals surface area contributed by atoms with Crippen LogP contribution in [0.25, 0.3) is 0 Å². The Bertz CT molecular complexity index is 246. The first kappa shape index (κ1) is 17.7. The highest BCUT2D eigenvalue weighted by molar-refractivity contribution is 5.85. The molecular weight excluding hydrogens is 248 g/mol. The van der Waals surface area contributed by atoms with E-state index < -0.39 is 0 Å². The van der Waals surface area contributed by atoms with Gasteiger partial charge in [-0.05, 0) is 37.0 Å². The molecule has 3 N–H and O–H groups in total. The summed E-state index contributed by atoms with van der Waals surface area (Å²) in [6.45, 7) is 7.30. The predicted molar refractivity (Wildman–Crippen MR) is 78.8 cm³/mol. The van der Waals surface area contributed by atoms with Gasteiger partial charge in [-0.25, -0.2) is 0 Å². The van der Waals surface area contributed by atoms with Gasteiger partial charge in [0.1, 0.15) is 0 Å². The van der Waals surface area contributed by atoms with Crippen molar-refractivity contribution in [1.82, 2.24) is 5.32 Å². The minimum Gasteiger partial charge on any atom is -0.354 e. The highest BCUT2D eigenvalue weighted by Gasteiger charge is 2.21. The van der Waals surface area contributed by atoms with E-state index in [4.69, 9.17) is 5.73 Å². The number of hydrogen-bond donors (Lipinski definition) is 2. The molecule has 3 atom stereocenters. The molecule has 3 nitrogen and oxygen atoms in total. The van der Waals surface area contributed by atoms with Gasteiger partial charge in [0, 0.05) is 6.54 Å². The molecule has 1 rings (SSSR count). The third kappa shape index (κ3) is 6.60. The number of halogens is 1. The van der Waals surface area contributed by atoms with Crippen molar-refractivity contribution in [2.75, 3.05) is 6.54 Å². The van der Waals surface area contributed by atoms with Crippen molar-refractivity contribution in [2.45, 2.75) is 58.9 Å². The van der Waals surface area contributed by atoms with Crippen molar-refractivity contribution >= 4 is 18.3 Å². The van der Waals surface area contributed by atoms with E-state index in [9.17, 15) is 4.79 Å². The maximum Gasteiger partial charge on any atom is 0.236 e. The summed E-state index contributed by atoms with van der Waals surface area (Å²) in [5.74, 6) is 1.98. The number of amides is 1. The van der Waals surface area contributed by atoms with E-state index in [0.717, 1.165) is 18.9 Å². The van der Waals surface area contributed by atoms with E-state index in [1.807, 2.05) is 0 Å². The molecule has 0 aromatic carbocycles. The van der Waals surface area contributed by atoms with Crippen LogP contribution in [0.1, 0.15) is 52.9 Å². The molecule has 0 aromatic heterocycles. The number of nitrogens with one attached hydrogen (secondary N) is 1. The zero-order valence-electron chi connectivity index (χ0n) is 11.9. The number of carbonyl (C=O) groups is 1. The average molecular weight is 277 g/mol. The monoisotopic (exact) mass is 276 g/mol. The van der Waals surface area contributed by atoms with E-state index in [0.29, 0.717) is 11.8 Å². The molecule has 0 spiro atoms. The molecule has 0 aromatic rings. The summed E-state index contributed by atoms with van der Waals surface area (Å²) in [4.78, 5) is 11.8. The van der Waals surface area contributed by atoms with E-state index in [1.165, 1.54) is 25.7 Å². The van der Waals surface area contributed by atoms with Gasteiger partial charge >= 0.3 is 0 Å². The number of hydrogen-bond acceptors (Lipinski definition) is 2. The second-order valence-corrected chi connectivity index (χ2v) is 6.12. The van der Waals surface area contributed by atoms with Gasteiger partial charge in [0.2, 0.25) is 5.91 Å². The molecule has 108 valence electrons. The Labute approximate surface area is 118 Å². The maximum absolute atomic E-state index is 11.8. The lowest BCUT2D eigenvalue weighted by atomic mass is 9.82. The fourth-order valence-electron chi connectivity index (χ4n) is 2.74. The highest BCUT2D eigenvalue weighted by Crippen LogP contribution is 2.27. The van der Waals surface area contributed by atoms with Gasteiger partial charge < -0.3 is 11.1 Å². The average Bonchev–Trinajstić information content (AvgIpc) is 2.25. The van der Waals surface area contributed by atoms with Crippen LogP contribution < -0.4 is 11.1 Å². The minimum atomic E-state index is -0.337. The van der Waals surface area contributed by atoms with E-state index in [1.54, 1.807) is 0 Å². The van der Waals surface area contributed by atoms with Crippen LogP contribution in [-0.2, 0) is 4.79 Å². The highest BCUT2D eigenvalue weighted by atomic mass is 35.5. The Hall–Kier alpha value is -0.280. The molecule has 0 saturated heterocycles. The zero-order chi connectivity index (χ0) is 12.8. The number of rotatable bonds is 5. The first-order chi connectivity index (χ1) is 7.99. The second-order valence-electron chi connectivity index (χ2n) is 6.12. The SMILES string of the molecule is CC(C)C[C@H](N)C(=O)NCC1CCCC(C)C1.Cl. The molecule has 1 amide bonds. The summed E-state index contributed by atoms with van der Waals surface area (Å²) in [7, 11) is 0. The smallest absolute Gasteiger partial charge is 0.236 e. The summed E-state index contributed by atoms with van der Waals surface area (Å²) < 4.78 is 0. The van der Waals surface area contributed by atoms with Crippen LogP contribution in [0.2, 0.25) is 0 Å². The Morgan fingerprint density at radius 2 is 2.06 bits per heavy atom. The van der Waals surface area contributed by atoms with Gasteiger partial charge in [-0.3, -0.25) is 4.79 Å². The third-order valence-electron chi connectivity index (χ3n) is 3.67. The summed E-state index contributed by atoms with van der Waals surface area (Å²) in [6, 6.07) is -0.337. The molecule has 0 radical (unpaired) electrons. The summed E-state index contributed by atoms with van der Waals surface area (Å²) >= 11 is 0. The fraction of sp³-hybridized carbons (Fsp3) is 0.929. The van der Waals surface area contributed by atoms with Crippen LogP contribution in [0.15, 0.2) is 0 Å². The number of carbonyl (C=O) groups excluding carboxylic acids is 1. The Morgan fingerprint density at radius 1 is 1.39 bits per heavy atom. The molecule has 1 aliphatic rings. The van der Waals surface area contributed by atoms with E-state index >= 15 is 0 Å². The molecule has 0 bridgehead atoms. The van der Waals surface area contributed by atoms with Crippen LogP contribution in [0.3, 0.4) is 0 Å². The van der Waals surface area contributed by atoms with Gasteiger partial charge in [0.05, 0.1) is 6.04 Å². The lowest BCUT2D eigenvalue weighted by Gasteiger charge is -2.27. The van der Waals surface area contributed by atoms with Crippen molar-refractivity contribution < 1.29 is 4.79 Å².